The van der Waals surface area contributed by atoms with Gasteiger partial charge in [-0.2, -0.15) is 0 Å². The monoisotopic (exact) mass is 285 g/mol. The molecule has 1 heterocycles. The van der Waals surface area contributed by atoms with Gasteiger partial charge in [-0.25, -0.2) is 9.79 Å². The Balaban J connectivity index is 2.36. The van der Waals surface area contributed by atoms with Crippen molar-refractivity contribution in [1.82, 2.24) is 0 Å². The lowest BCUT2D eigenvalue weighted by molar-refractivity contribution is -0.143. The van der Waals surface area contributed by atoms with Gasteiger partial charge in [0, 0.05) is 0 Å². The number of allylic oxidation sites excluding steroid dienone is 1. The predicted molar refractivity (Wildman–Crippen MR) is 85.3 cm³/mol. The Morgan fingerprint density at radius 2 is 2.00 bits per heavy atom. The van der Waals surface area contributed by atoms with Crippen LogP contribution in [0.4, 0.5) is 0 Å². The lowest BCUT2D eigenvalue weighted by Crippen LogP contribution is -2.37. The van der Waals surface area contributed by atoms with E-state index < -0.39 is 0 Å². The van der Waals surface area contributed by atoms with Crippen LogP contribution in [-0.2, 0) is 9.53 Å². The smallest absolute Gasteiger partial charge is 0.357 e. The number of carbonyl (C=O) groups excluding carboxylic acids is 1. The fourth-order valence-corrected chi connectivity index (χ4v) is 2.33. The summed E-state index contributed by atoms with van der Waals surface area (Å²) in [6.45, 7) is 6.22. The molecule has 0 amide bonds. The number of hydrogen-bond donors (Lipinski definition) is 0. The third kappa shape index (κ3) is 3.81. The first-order valence-corrected chi connectivity index (χ1v) is 7.68. The van der Waals surface area contributed by atoms with Crippen molar-refractivity contribution in [2.75, 3.05) is 0 Å². The summed E-state index contributed by atoms with van der Waals surface area (Å²) in [7, 11) is 0. The van der Waals surface area contributed by atoms with Gasteiger partial charge in [0.2, 0.25) is 0 Å². The maximum atomic E-state index is 12.1. The van der Waals surface area contributed by atoms with Crippen molar-refractivity contribution < 1.29 is 9.53 Å². The van der Waals surface area contributed by atoms with E-state index in [4.69, 9.17) is 4.74 Å². The van der Waals surface area contributed by atoms with Gasteiger partial charge >= 0.3 is 5.97 Å². The summed E-state index contributed by atoms with van der Waals surface area (Å²) in [6.07, 6.45) is 4.64. The van der Waals surface area contributed by atoms with Crippen molar-refractivity contribution in [2.45, 2.75) is 46.1 Å². The molecular weight excluding hydrogens is 262 g/mol. The molecule has 112 valence electrons. The minimum absolute atomic E-state index is 0.199. The molecule has 0 N–H and O–H groups in total. The lowest BCUT2D eigenvalue weighted by atomic mass is 9.95. The number of aliphatic imine (C=N–C) groups is 1. The van der Waals surface area contributed by atoms with E-state index in [9.17, 15) is 4.79 Å². The fraction of sp³-hybridized carbons (Fsp3) is 0.444. The highest BCUT2D eigenvalue weighted by atomic mass is 16.5. The van der Waals surface area contributed by atoms with Gasteiger partial charge in [-0.1, -0.05) is 63.6 Å². The van der Waals surface area contributed by atoms with Crippen LogP contribution in [0.25, 0.3) is 0 Å². The number of benzene rings is 1. The maximum Gasteiger partial charge on any atom is 0.357 e. The number of esters is 1. The molecule has 1 aliphatic rings. The maximum absolute atomic E-state index is 12.1. The highest BCUT2D eigenvalue weighted by molar-refractivity contribution is 6.10. The van der Waals surface area contributed by atoms with E-state index in [2.05, 4.69) is 11.9 Å². The fourth-order valence-electron chi connectivity index (χ4n) is 2.33. The number of rotatable bonds is 5. The third-order valence-corrected chi connectivity index (χ3v) is 3.52. The van der Waals surface area contributed by atoms with E-state index in [1.807, 2.05) is 50.3 Å². The van der Waals surface area contributed by atoms with E-state index in [-0.39, 0.29) is 18.0 Å². The van der Waals surface area contributed by atoms with Crippen molar-refractivity contribution in [1.29, 1.82) is 0 Å². The summed E-state index contributed by atoms with van der Waals surface area (Å²) in [6, 6.07) is 9.95. The van der Waals surface area contributed by atoms with E-state index in [1.165, 1.54) is 0 Å². The molecule has 3 nitrogen and oxygen atoms in total. The first-order chi connectivity index (χ1) is 10.1. The zero-order chi connectivity index (χ0) is 15.2. The van der Waals surface area contributed by atoms with Crippen LogP contribution in [0, 0.1) is 5.92 Å². The van der Waals surface area contributed by atoms with Gasteiger partial charge in [-0.3, -0.25) is 0 Å². The largest absolute Gasteiger partial charge is 0.451 e. The number of hydrogen-bond acceptors (Lipinski definition) is 3. The van der Waals surface area contributed by atoms with E-state index >= 15 is 0 Å². The molecule has 3 heteroatoms. The van der Waals surface area contributed by atoms with Crippen LogP contribution < -0.4 is 0 Å². The van der Waals surface area contributed by atoms with E-state index in [0.29, 0.717) is 5.70 Å². The minimum Gasteiger partial charge on any atom is -0.451 e. The standard InChI is InChI=1S/C18H23NO2/c1-4-5-7-12-15-18(20)21-17(13(2)3)16(19-15)14-10-8-6-9-11-14/h6,8-13,17H,4-5,7H2,1-3H3/b15-12-/t17-/m0/s1. The van der Waals surface area contributed by atoms with E-state index in [0.717, 1.165) is 30.5 Å². The molecule has 0 unspecified atom stereocenters. The molecule has 0 spiro atoms. The first-order valence-electron chi connectivity index (χ1n) is 7.68. The van der Waals surface area contributed by atoms with Crippen LogP contribution in [-0.4, -0.2) is 17.8 Å². The Kier molecular flexibility index (Phi) is 5.32. The zero-order valence-corrected chi connectivity index (χ0v) is 13.0. The number of carbonyl (C=O) groups is 1. The summed E-state index contributed by atoms with van der Waals surface area (Å²) < 4.78 is 5.62. The second kappa shape index (κ2) is 7.21. The molecule has 1 aliphatic heterocycles. The Bertz CT molecular complexity index is 544. The van der Waals surface area contributed by atoms with Gasteiger partial charge in [-0.15, -0.1) is 0 Å². The topological polar surface area (TPSA) is 38.7 Å². The van der Waals surface area contributed by atoms with Crippen molar-refractivity contribution >= 4 is 11.7 Å². The summed E-state index contributed by atoms with van der Waals surface area (Å²) in [4.78, 5) is 16.7. The SMILES string of the molecule is CCCC/C=C1\N=C(c2ccccc2)[C@H](C(C)C)OC1=O. The third-order valence-electron chi connectivity index (χ3n) is 3.52. The second-order valence-electron chi connectivity index (χ2n) is 5.66. The van der Waals surface area contributed by atoms with Crippen LogP contribution in [0.2, 0.25) is 0 Å². The molecule has 0 saturated heterocycles. The Morgan fingerprint density at radius 3 is 2.62 bits per heavy atom. The molecule has 0 aromatic heterocycles. The zero-order valence-electron chi connectivity index (χ0n) is 13.0. The summed E-state index contributed by atoms with van der Waals surface area (Å²) in [5, 5.41) is 0. The van der Waals surface area contributed by atoms with Crippen LogP contribution in [0.1, 0.15) is 45.6 Å². The average Bonchev–Trinajstić information content (AvgIpc) is 2.49. The van der Waals surface area contributed by atoms with Crippen molar-refractivity contribution in [3.63, 3.8) is 0 Å². The Labute approximate surface area is 126 Å². The molecule has 2 rings (SSSR count). The van der Waals surface area contributed by atoms with Gasteiger partial charge in [0.25, 0.3) is 0 Å². The Hall–Kier alpha value is -1.90. The molecule has 1 atom stereocenters. The van der Waals surface area contributed by atoms with Crippen molar-refractivity contribution in [3.05, 3.63) is 47.7 Å². The predicted octanol–water partition coefficient (Wildman–Crippen LogP) is 4.13. The molecule has 0 aliphatic carbocycles. The van der Waals surface area contributed by atoms with Gasteiger partial charge < -0.3 is 4.74 Å². The molecule has 0 bridgehead atoms. The molecule has 0 saturated carbocycles. The number of cyclic esters (lactones) is 1. The quantitative estimate of drug-likeness (QED) is 0.463. The van der Waals surface area contributed by atoms with Crippen LogP contribution in [0.3, 0.4) is 0 Å². The molecular formula is C18H23NO2. The van der Waals surface area contributed by atoms with Crippen LogP contribution in [0.5, 0.6) is 0 Å². The molecule has 0 radical (unpaired) electrons. The van der Waals surface area contributed by atoms with Crippen LogP contribution in [0.15, 0.2) is 47.1 Å². The number of ether oxygens (including phenoxy) is 1. The normalized spacial score (nSPS) is 20.6. The van der Waals surface area contributed by atoms with Crippen molar-refractivity contribution in [2.24, 2.45) is 10.9 Å². The highest BCUT2D eigenvalue weighted by Gasteiger charge is 2.31. The van der Waals surface area contributed by atoms with Gasteiger partial charge in [0.05, 0.1) is 5.71 Å². The first kappa shape index (κ1) is 15.5. The summed E-state index contributed by atoms with van der Waals surface area (Å²) in [5.41, 5.74) is 2.32. The summed E-state index contributed by atoms with van der Waals surface area (Å²) in [5.74, 6) is -0.102. The highest BCUT2D eigenvalue weighted by Crippen LogP contribution is 2.23. The molecule has 1 aromatic rings. The second-order valence-corrected chi connectivity index (χ2v) is 5.66. The van der Waals surface area contributed by atoms with Gasteiger partial charge in [-0.05, 0) is 24.3 Å². The molecule has 0 fully saturated rings. The van der Waals surface area contributed by atoms with Crippen LogP contribution >= 0.6 is 0 Å². The molecule has 21 heavy (non-hydrogen) atoms. The Morgan fingerprint density at radius 1 is 1.29 bits per heavy atom. The average molecular weight is 285 g/mol. The lowest BCUT2D eigenvalue weighted by Gasteiger charge is -2.27. The minimum atomic E-state index is -0.301. The van der Waals surface area contributed by atoms with E-state index in [1.54, 1.807) is 0 Å². The number of nitrogens with zero attached hydrogens (tertiary/aromatic N) is 1. The van der Waals surface area contributed by atoms with Gasteiger partial charge in [0.15, 0.2) is 0 Å². The van der Waals surface area contributed by atoms with Crippen molar-refractivity contribution in [3.8, 4) is 0 Å². The number of unbranched alkanes of at least 4 members (excludes halogenated alkanes) is 2. The summed E-state index contributed by atoms with van der Waals surface area (Å²) >= 11 is 0. The molecule has 1 aromatic carbocycles. The van der Waals surface area contributed by atoms with Gasteiger partial charge in [0.1, 0.15) is 11.8 Å².